The zero-order valence-corrected chi connectivity index (χ0v) is 9.07. The number of rotatable bonds is 3. The number of aromatic amines is 1. The third kappa shape index (κ3) is 1.91. The van der Waals surface area contributed by atoms with Crippen LogP contribution < -0.4 is 0 Å². The molecule has 2 aromatic rings. The fourth-order valence-corrected chi connectivity index (χ4v) is 1.59. The molecule has 1 aromatic carbocycles. The summed E-state index contributed by atoms with van der Waals surface area (Å²) in [4.78, 5) is 0. The Morgan fingerprint density at radius 3 is 2.67 bits per heavy atom. The molecule has 1 atom stereocenters. The first-order valence-electron chi connectivity index (χ1n) is 5.29. The van der Waals surface area contributed by atoms with E-state index in [1.54, 1.807) is 0 Å². The first-order chi connectivity index (χ1) is 7.33. The molecule has 0 amide bonds. The van der Waals surface area contributed by atoms with Crippen LogP contribution in [-0.2, 0) is 0 Å². The van der Waals surface area contributed by atoms with Crippen molar-refractivity contribution >= 4 is 0 Å². The second-order valence-electron chi connectivity index (χ2n) is 3.75. The highest BCUT2D eigenvalue weighted by molar-refractivity contribution is 5.61. The largest absolute Gasteiger partial charge is 0.261 e. The lowest BCUT2D eigenvalue weighted by atomic mass is 10.00. The van der Waals surface area contributed by atoms with Gasteiger partial charge < -0.3 is 0 Å². The molecule has 1 heterocycles. The van der Waals surface area contributed by atoms with E-state index in [1.165, 1.54) is 0 Å². The molecule has 0 aliphatic heterocycles. The summed E-state index contributed by atoms with van der Waals surface area (Å²) in [6, 6.07) is 10.2. The highest BCUT2D eigenvalue weighted by Crippen LogP contribution is 2.26. The smallest absolute Gasteiger partial charge is 0.116 e. The quantitative estimate of drug-likeness (QED) is 0.829. The van der Waals surface area contributed by atoms with E-state index in [4.69, 9.17) is 0 Å². The summed E-state index contributed by atoms with van der Waals surface area (Å²) in [6.45, 7) is 4.35. The lowest BCUT2D eigenvalue weighted by molar-refractivity contribution is 0.703. The number of benzene rings is 1. The van der Waals surface area contributed by atoms with Crippen LogP contribution in [0.3, 0.4) is 0 Å². The lowest BCUT2D eigenvalue weighted by Crippen LogP contribution is -1.94. The van der Waals surface area contributed by atoms with Crippen LogP contribution in [-0.4, -0.2) is 15.4 Å². The molecular weight excluding hydrogens is 186 g/mol. The van der Waals surface area contributed by atoms with Crippen LogP contribution in [0.15, 0.2) is 30.3 Å². The van der Waals surface area contributed by atoms with Gasteiger partial charge in [-0.05, 0) is 12.3 Å². The Bertz CT molecular complexity index is 419. The zero-order chi connectivity index (χ0) is 10.7. The molecule has 0 spiro atoms. The Hall–Kier alpha value is -1.64. The SMILES string of the molecule is CCC(C)c1[nH]nnc1-c1ccccc1. The molecule has 15 heavy (non-hydrogen) atoms. The Kier molecular flexibility index (Phi) is 2.81. The lowest BCUT2D eigenvalue weighted by Gasteiger charge is -2.07. The minimum atomic E-state index is 0.468. The van der Waals surface area contributed by atoms with E-state index in [0.29, 0.717) is 5.92 Å². The first kappa shape index (κ1) is 9.90. The van der Waals surface area contributed by atoms with E-state index in [9.17, 15) is 0 Å². The molecule has 78 valence electrons. The molecule has 1 unspecified atom stereocenters. The maximum atomic E-state index is 4.15. The van der Waals surface area contributed by atoms with Gasteiger partial charge in [-0.25, -0.2) is 0 Å². The molecule has 0 aliphatic carbocycles. The minimum absolute atomic E-state index is 0.468. The average Bonchev–Trinajstić information content (AvgIpc) is 2.78. The van der Waals surface area contributed by atoms with Gasteiger partial charge in [0.2, 0.25) is 0 Å². The van der Waals surface area contributed by atoms with Gasteiger partial charge in [0.25, 0.3) is 0 Å². The van der Waals surface area contributed by atoms with E-state index in [2.05, 4.69) is 41.4 Å². The Morgan fingerprint density at radius 2 is 2.00 bits per heavy atom. The van der Waals surface area contributed by atoms with Gasteiger partial charge in [0.1, 0.15) is 5.69 Å². The third-order valence-electron chi connectivity index (χ3n) is 2.73. The Balaban J connectivity index is 2.41. The summed E-state index contributed by atoms with van der Waals surface area (Å²) in [5, 5.41) is 11.0. The molecule has 0 bridgehead atoms. The Morgan fingerprint density at radius 1 is 1.27 bits per heavy atom. The first-order valence-corrected chi connectivity index (χ1v) is 5.29. The summed E-state index contributed by atoms with van der Waals surface area (Å²) in [5.41, 5.74) is 3.23. The van der Waals surface area contributed by atoms with Crippen molar-refractivity contribution in [2.24, 2.45) is 0 Å². The molecule has 0 radical (unpaired) electrons. The highest BCUT2D eigenvalue weighted by Gasteiger charge is 2.13. The summed E-state index contributed by atoms with van der Waals surface area (Å²) in [7, 11) is 0. The maximum absolute atomic E-state index is 4.15. The molecule has 3 heteroatoms. The van der Waals surface area contributed by atoms with Gasteiger partial charge >= 0.3 is 0 Å². The predicted molar refractivity (Wildman–Crippen MR) is 60.5 cm³/mol. The van der Waals surface area contributed by atoms with Crippen molar-refractivity contribution in [1.29, 1.82) is 0 Å². The van der Waals surface area contributed by atoms with E-state index < -0.39 is 0 Å². The third-order valence-corrected chi connectivity index (χ3v) is 2.73. The van der Waals surface area contributed by atoms with Gasteiger partial charge in [0.15, 0.2) is 0 Å². The van der Waals surface area contributed by atoms with Crippen LogP contribution in [0, 0.1) is 0 Å². The normalized spacial score (nSPS) is 12.7. The minimum Gasteiger partial charge on any atom is -0.261 e. The van der Waals surface area contributed by atoms with Crippen LogP contribution in [0.5, 0.6) is 0 Å². The fraction of sp³-hybridized carbons (Fsp3) is 0.333. The monoisotopic (exact) mass is 201 g/mol. The van der Waals surface area contributed by atoms with Crippen molar-refractivity contribution in [1.82, 2.24) is 15.4 Å². The van der Waals surface area contributed by atoms with Crippen molar-refractivity contribution < 1.29 is 0 Å². The second-order valence-corrected chi connectivity index (χ2v) is 3.75. The maximum Gasteiger partial charge on any atom is 0.116 e. The van der Waals surface area contributed by atoms with Crippen molar-refractivity contribution in [2.45, 2.75) is 26.2 Å². The zero-order valence-electron chi connectivity index (χ0n) is 9.07. The van der Waals surface area contributed by atoms with Crippen LogP contribution in [0.2, 0.25) is 0 Å². The van der Waals surface area contributed by atoms with Gasteiger partial charge in [-0.3, -0.25) is 5.10 Å². The molecule has 2 rings (SSSR count). The van der Waals surface area contributed by atoms with Crippen LogP contribution in [0.4, 0.5) is 0 Å². The van der Waals surface area contributed by atoms with E-state index >= 15 is 0 Å². The number of nitrogens with zero attached hydrogens (tertiary/aromatic N) is 2. The van der Waals surface area contributed by atoms with Crippen molar-refractivity contribution in [3.05, 3.63) is 36.0 Å². The van der Waals surface area contributed by atoms with Crippen molar-refractivity contribution in [3.63, 3.8) is 0 Å². The topological polar surface area (TPSA) is 41.6 Å². The van der Waals surface area contributed by atoms with E-state index in [1.807, 2.05) is 18.2 Å². The van der Waals surface area contributed by atoms with Crippen molar-refractivity contribution in [3.8, 4) is 11.3 Å². The molecule has 0 aliphatic rings. The molecule has 0 saturated heterocycles. The molecule has 0 fully saturated rings. The van der Waals surface area contributed by atoms with Gasteiger partial charge in [-0.15, -0.1) is 5.10 Å². The predicted octanol–water partition coefficient (Wildman–Crippen LogP) is 2.99. The van der Waals surface area contributed by atoms with Gasteiger partial charge in [-0.1, -0.05) is 49.4 Å². The Labute approximate surface area is 89.5 Å². The average molecular weight is 201 g/mol. The fourth-order valence-electron chi connectivity index (χ4n) is 1.59. The second kappa shape index (κ2) is 4.26. The van der Waals surface area contributed by atoms with Gasteiger partial charge in [0.05, 0.1) is 5.69 Å². The molecule has 0 saturated carbocycles. The summed E-state index contributed by atoms with van der Waals surface area (Å²) in [6.07, 6.45) is 1.09. The molecule has 1 aromatic heterocycles. The molecule has 1 N–H and O–H groups in total. The van der Waals surface area contributed by atoms with Crippen molar-refractivity contribution in [2.75, 3.05) is 0 Å². The van der Waals surface area contributed by atoms with E-state index in [-0.39, 0.29) is 0 Å². The van der Waals surface area contributed by atoms with Gasteiger partial charge in [-0.2, -0.15) is 0 Å². The summed E-state index contributed by atoms with van der Waals surface area (Å²) in [5.74, 6) is 0.468. The number of H-pyrrole nitrogens is 1. The number of nitrogens with one attached hydrogen (secondary N) is 1. The summed E-state index contributed by atoms with van der Waals surface area (Å²) < 4.78 is 0. The summed E-state index contributed by atoms with van der Waals surface area (Å²) >= 11 is 0. The number of hydrogen-bond donors (Lipinski definition) is 1. The van der Waals surface area contributed by atoms with Crippen LogP contribution >= 0.6 is 0 Å². The number of aromatic nitrogens is 3. The van der Waals surface area contributed by atoms with Gasteiger partial charge in [0, 0.05) is 5.56 Å². The van der Waals surface area contributed by atoms with Crippen LogP contribution in [0.1, 0.15) is 31.9 Å². The standard InChI is InChI=1S/C12H15N3/c1-3-9(2)11-12(14-15-13-11)10-7-5-4-6-8-10/h4-9H,3H2,1-2H3,(H,13,14,15). The molecule has 3 nitrogen and oxygen atoms in total. The van der Waals surface area contributed by atoms with E-state index in [0.717, 1.165) is 23.4 Å². The van der Waals surface area contributed by atoms with Crippen LogP contribution in [0.25, 0.3) is 11.3 Å². The number of hydrogen-bond acceptors (Lipinski definition) is 2. The highest BCUT2D eigenvalue weighted by atomic mass is 15.3. The molecular formula is C12H15N3.